The number of para-hydroxylation sites is 1. The van der Waals surface area contributed by atoms with Crippen LogP contribution in [-0.4, -0.2) is 33.9 Å². The molecule has 6 nitrogen and oxygen atoms in total. The summed E-state index contributed by atoms with van der Waals surface area (Å²) in [6.45, 7) is 5.39. The van der Waals surface area contributed by atoms with Crippen molar-refractivity contribution in [2.45, 2.75) is 39.5 Å². The van der Waals surface area contributed by atoms with Crippen LogP contribution in [0.5, 0.6) is 0 Å². The number of carbonyl (C=O) groups excluding carboxylic acids is 1. The summed E-state index contributed by atoms with van der Waals surface area (Å²) in [4.78, 5) is 24.3. The number of H-pyrrole nitrogens is 1. The Morgan fingerprint density at radius 3 is 2.85 bits per heavy atom. The monoisotopic (exact) mass is 365 g/mol. The van der Waals surface area contributed by atoms with Gasteiger partial charge < -0.3 is 15.6 Å². The van der Waals surface area contributed by atoms with Gasteiger partial charge in [-0.05, 0) is 37.5 Å². The van der Waals surface area contributed by atoms with Crippen molar-refractivity contribution in [2.75, 3.05) is 18.4 Å². The number of hydrogen-bond donors (Lipinski definition) is 3. The number of nitrogens with one attached hydrogen (secondary N) is 3. The highest BCUT2D eigenvalue weighted by Gasteiger charge is 2.10. The number of hydrogen-bond acceptors (Lipinski definition) is 4. The van der Waals surface area contributed by atoms with Gasteiger partial charge in [-0.3, -0.25) is 4.79 Å². The Morgan fingerprint density at radius 2 is 2.00 bits per heavy atom. The summed E-state index contributed by atoms with van der Waals surface area (Å²) in [5.74, 6) is 0.352. The van der Waals surface area contributed by atoms with E-state index in [1.807, 2.05) is 25.3 Å². The number of aromatic nitrogens is 3. The van der Waals surface area contributed by atoms with Crippen molar-refractivity contribution < 1.29 is 4.79 Å². The normalized spacial score (nSPS) is 10.9. The van der Waals surface area contributed by atoms with Gasteiger partial charge in [-0.15, -0.1) is 0 Å². The molecule has 0 radical (unpaired) electrons. The fourth-order valence-electron chi connectivity index (χ4n) is 3.08. The Morgan fingerprint density at radius 1 is 1.15 bits per heavy atom. The van der Waals surface area contributed by atoms with E-state index >= 15 is 0 Å². The van der Waals surface area contributed by atoms with Crippen LogP contribution in [0.1, 0.15) is 47.9 Å². The summed E-state index contributed by atoms with van der Waals surface area (Å²) in [5.41, 5.74) is 3.58. The molecule has 3 aromatic rings. The Hall–Kier alpha value is -2.89. The number of anilines is 1. The first-order valence-electron chi connectivity index (χ1n) is 9.60. The summed E-state index contributed by atoms with van der Waals surface area (Å²) >= 11 is 0. The van der Waals surface area contributed by atoms with E-state index in [2.05, 4.69) is 44.6 Å². The number of fused-ring (bicyclic) bond motifs is 1. The van der Waals surface area contributed by atoms with Gasteiger partial charge >= 0.3 is 0 Å². The number of unbranched alkanes of at least 4 members (excludes halogenated alkanes) is 2. The van der Waals surface area contributed by atoms with Crippen molar-refractivity contribution in [3.05, 3.63) is 53.5 Å². The number of amides is 1. The summed E-state index contributed by atoms with van der Waals surface area (Å²) in [6.07, 6.45) is 6.12. The molecule has 0 unspecified atom stereocenters. The van der Waals surface area contributed by atoms with Gasteiger partial charge in [0, 0.05) is 35.9 Å². The quantitative estimate of drug-likeness (QED) is 0.503. The highest BCUT2D eigenvalue weighted by atomic mass is 16.1. The second-order valence-electron chi connectivity index (χ2n) is 6.72. The van der Waals surface area contributed by atoms with E-state index in [0.29, 0.717) is 24.7 Å². The minimum atomic E-state index is -0.142. The van der Waals surface area contributed by atoms with E-state index in [1.165, 1.54) is 10.9 Å². The molecule has 0 aliphatic rings. The largest absolute Gasteiger partial charge is 0.361 e. The lowest BCUT2D eigenvalue weighted by Crippen LogP contribution is -2.26. The predicted octanol–water partition coefficient (Wildman–Crippen LogP) is 3.84. The van der Waals surface area contributed by atoms with Crippen molar-refractivity contribution >= 4 is 22.8 Å². The molecule has 6 heteroatoms. The number of nitrogens with zero attached hydrogens (tertiary/aromatic N) is 2. The maximum atomic E-state index is 12.3. The lowest BCUT2D eigenvalue weighted by molar-refractivity contribution is 0.0948. The number of aryl methyl sites for hydroxylation is 1. The molecule has 0 fully saturated rings. The standard InChI is InChI=1S/C21H27N5O/c1-3-4-7-11-22-20(27)19-13-15(2)25-21(26-19)23-12-10-16-14-24-18-9-6-5-8-17(16)18/h5-6,8-9,13-14,24H,3-4,7,10-12H2,1-2H3,(H,22,27)(H,23,25,26). The van der Waals surface area contributed by atoms with Crippen molar-refractivity contribution in [2.24, 2.45) is 0 Å². The SMILES string of the molecule is CCCCCNC(=O)c1cc(C)nc(NCCc2c[nH]c3ccccc23)n1. The molecule has 0 atom stereocenters. The number of rotatable bonds is 9. The van der Waals surface area contributed by atoms with E-state index in [1.54, 1.807) is 6.07 Å². The lowest BCUT2D eigenvalue weighted by atomic mass is 10.1. The molecule has 2 aromatic heterocycles. The van der Waals surface area contributed by atoms with Crippen LogP contribution < -0.4 is 10.6 Å². The van der Waals surface area contributed by atoms with Crippen molar-refractivity contribution in [3.63, 3.8) is 0 Å². The smallest absolute Gasteiger partial charge is 0.270 e. The van der Waals surface area contributed by atoms with Crippen LogP contribution in [0.3, 0.4) is 0 Å². The van der Waals surface area contributed by atoms with Crippen LogP contribution in [0.2, 0.25) is 0 Å². The molecule has 0 bridgehead atoms. The number of aromatic amines is 1. The highest BCUT2D eigenvalue weighted by molar-refractivity contribution is 5.92. The van der Waals surface area contributed by atoms with Gasteiger partial charge in [0.25, 0.3) is 5.91 Å². The van der Waals surface area contributed by atoms with E-state index in [-0.39, 0.29) is 5.91 Å². The zero-order chi connectivity index (χ0) is 19.1. The molecule has 0 saturated heterocycles. The molecule has 0 spiro atoms. The van der Waals surface area contributed by atoms with E-state index in [0.717, 1.165) is 36.9 Å². The molecule has 0 saturated carbocycles. The van der Waals surface area contributed by atoms with Gasteiger partial charge in [0.15, 0.2) is 0 Å². The summed E-state index contributed by atoms with van der Waals surface area (Å²) in [5, 5.41) is 7.40. The van der Waals surface area contributed by atoms with Crippen LogP contribution in [0.4, 0.5) is 5.95 Å². The lowest BCUT2D eigenvalue weighted by Gasteiger charge is -2.09. The molecular formula is C21H27N5O. The van der Waals surface area contributed by atoms with Crippen molar-refractivity contribution in [1.29, 1.82) is 0 Å². The average Bonchev–Trinajstić information content (AvgIpc) is 3.08. The topological polar surface area (TPSA) is 82.7 Å². The molecule has 0 aliphatic carbocycles. The van der Waals surface area contributed by atoms with E-state index in [9.17, 15) is 4.79 Å². The second kappa shape index (κ2) is 9.16. The van der Waals surface area contributed by atoms with Gasteiger partial charge in [0.1, 0.15) is 5.69 Å². The molecule has 3 rings (SSSR count). The third-order valence-electron chi connectivity index (χ3n) is 4.51. The first-order valence-corrected chi connectivity index (χ1v) is 9.60. The summed E-state index contributed by atoms with van der Waals surface area (Å²) in [7, 11) is 0. The van der Waals surface area contributed by atoms with Crippen molar-refractivity contribution in [1.82, 2.24) is 20.3 Å². The molecule has 1 aromatic carbocycles. The fourth-order valence-corrected chi connectivity index (χ4v) is 3.08. The first-order chi connectivity index (χ1) is 13.2. The maximum absolute atomic E-state index is 12.3. The molecular weight excluding hydrogens is 338 g/mol. The minimum Gasteiger partial charge on any atom is -0.361 e. The third kappa shape index (κ3) is 5.06. The Labute approximate surface area is 159 Å². The molecule has 27 heavy (non-hydrogen) atoms. The van der Waals surface area contributed by atoms with Crippen LogP contribution in [0.15, 0.2) is 36.5 Å². The molecule has 2 heterocycles. The van der Waals surface area contributed by atoms with Gasteiger partial charge in [0.2, 0.25) is 5.95 Å². The average molecular weight is 365 g/mol. The van der Waals surface area contributed by atoms with Gasteiger partial charge in [0.05, 0.1) is 0 Å². The molecule has 0 aliphatic heterocycles. The maximum Gasteiger partial charge on any atom is 0.270 e. The van der Waals surface area contributed by atoms with E-state index < -0.39 is 0 Å². The zero-order valence-electron chi connectivity index (χ0n) is 16.0. The van der Waals surface area contributed by atoms with Crippen molar-refractivity contribution in [3.8, 4) is 0 Å². The molecule has 142 valence electrons. The Bertz CT molecular complexity index is 902. The van der Waals surface area contributed by atoms with Crippen LogP contribution in [0.25, 0.3) is 10.9 Å². The number of carbonyl (C=O) groups is 1. The van der Waals surface area contributed by atoms with Crippen LogP contribution in [0, 0.1) is 6.92 Å². The van der Waals surface area contributed by atoms with E-state index in [4.69, 9.17) is 0 Å². The van der Waals surface area contributed by atoms with Gasteiger partial charge in [-0.1, -0.05) is 38.0 Å². The second-order valence-corrected chi connectivity index (χ2v) is 6.72. The van der Waals surface area contributed by atoms with Gasteiger partial charge in [-0.2, -0.15) is 0 Å². The Balaban J connectivity index is 1.58. The fraction of sp³-hybridized carbons (Fsp3) is 0.381. The highest BCUT2D eigenvalue weighted by Crippen LogP contribution is 2.18. The Kier molecular flexibility index (Phi) is 6.41. The predicted molar refractivity (Wildman–Crippen MR) is 109 cm³/mol. The zero-order valence-corrected chi connectivity index (χ0v) is 16.0. The molecule has 1 amide bonds. The van der Waals surface area contributed by atoms with Crippen LogP contribution in [-0.2, 0) is 6.42 Å². The third-order valence-corrected chi connectivity index (χ3v) is 4.51. The van der Waals surface area contributed by atoms with Crippen LogP contribution >= 0.6 is 0 Å². The summed E-state index contributed by atoms with van der Waals surface area (Å²) < 4.78 is 0. The molecule has 3 N–H and O–H groups in total. The number of benzene rings is 1. The van der Waals surface area contributed by atoms with Gasteiger partial charge in [-0.25, -0.2) is 9.97 Å². The minimum absolute atomic E-state index is 0.142. The first kappa shape index (κ1) is 18.9. The summed E-state index contributed by atoms with van der Waals surface area (Å²) in [6, 6.07) is 9.98.